The van der Waals surface area contributed by atoms with Crippen molar-refractivity contribution in [3.63, 3.8) is 0 Å². The second-order valence-corrected chi connectivity index (χ2v) is 16.9. The monoisotopic (exact) mass is 867 g/mol. The number of aromatic nitrogens is 5. The van der Waals surface area contributed by atoms with Crippen LogP contribution < -0.4 is 0 Å². The molecule has 3 aromatic heterocycles. The molecule has 0 aliphatic carbocycles. The summed E-state index contributed by atoms with van der Waals surface area (Å²) in [5.41, 5.74) is 14.7. The van der Waals surface area contributed by atoms with E-state index in [4.69, 9.17) is 24.9 Å². The van der Waals surface area contributed by atoms with Crippen molar-refractivity contribution in [2.45, 2.75) is 0 Å². The number of rotatable bonds is 9. The van der Waals surface area contributed by atoms with Crippen LogP contribution in [-0.4, -0.2) is 24.9 Å². The number of benzene rings is 9. The molecule has 9 aromatic carbocycles. The first-order valence-corrected chi connectivity index (χ1v) is 22.8. The third-order valence-electron chi connectivity index (χ3n) is 12.4. The van der Waals surface area contributed by atoms with Gasteiger partial charge in [-0.05, 0) is 87.3 Å². The Kier molecular flexibility index (Phi) is 10.5. The zero-order valence-electron chi connectivity index (χ0n) is 36.9. The van der Waals surface area contributed by atoms with Crippen molar-refractivity contribution in [2.75, 3.05) is 0 Å². The highest BCUT2D eigenvalue weighted by molar-refractivity contribution is 5.91. The van der Waals surface area contributed by atoms with E-state index in [9.17, 15) is 0 Å². The molecule has 0 aliphatic rings. The maximum Gasteiger partial charge on any atom is 0.160 e. The van der Waals surface area contributed by atoms with Crippen molar-refractivity contribution in [1.29, 1.82) is 0 Å². The van der Waals surface area contributed by atoms with Gasteiger partial charge in [0.2, 0.25) is 0 Å². The molecular weight excluding hydrogens is 827 g/mol. The summed E-state index contributed by atoms with van der Waals surface area (Å²) in [5.74, 6) is 1.16. The Hall–Kier alpha value is -9.19. The summed E-state index contributed by atoms with van der Waals surface area (Å²) in [6, 6.07) is 86.4. The van der Waals surface area contributed by atoms with E-state index in [0.29, 0.717) is 11.6 Å². The molecule has 0 N–H and O–H groups in total. The molecule has 0 saturated heterocycles. The van der Waals surface area contributed by atoms with E-state index in [0.717, 1.165) is 95.2 Å². The average molecular weight is 868 g/mol. The second kappa shape index (κ2) is 17.7. The molecule has 68 heavy (non-hydrogen) atoms. The van der Waals surface area contributed by atoms with Crippen molar-refractivity contribution in [1.82, 2.24) is 24.9 Å². The molecule has 0 unspecified atom stereocenters. The van der Waals surface area contributed by atoms with E-state index in [1.54, 1.807) is 0 Å². The Labute approximate surface area is 394 Å². The highest BCUT2D eigenvalue weighted by atomic mass is 14.9. The molecule has 0 aliphatic heterocycles. The second-order valence-electron chi connectivity index (χ2n) is 16.9. The van der Waals surface area contributed by atoms with Crippen LogP contribution in [0.5, 0.6) is 0 Å². The molecule has 0 saturated carbocycles. The van der Waals surface area contributed by atoms with E-state index in [1.807, 2.05) is 72.8 Å². The maximum atomic E-state index is 5.52. The van der Waals surface area contributed by atoms with Crippen molar-refractivity contribution in [2.24, 2.45) is 0 Å². The summed E-state index contributed by atoms with van der Waals surface area (Å²) >= 11 is 0. The maximum absolute atomic E-state index is 5.52. The fourth-order valence-corrected chi connectivity index (χ4v) is 8.92. The van der Waals surface area contributed by atoms with Gasteiger partial charge in [-0.2, -0.15) is 0 Å². The van der Waals surface area contributed by atoms with E-state index in [-0.39, 0.29) is 0 Å². The van der Waals surface area contributed by atoms with E-state index < -0.39 is 0 Å². The normalized spacial score (nSPS) is 11.2. The zero-order chi connectivity index (χ0) is 45.2. The first-order chi connectivity index (χ1) is 33.6. The van der Waals surface area contributed by atoms with Gasteiger partial charge >= 0.3 is 0 Å². The molecule has 0 spiro atoms. The summed E-state index contributed by atoms with van der Waals surface area (Å²) in [5, 5.41) is 4.70. The highest BCUT2D eigenvalue weighted by Crippen LogP contribution is 2.38. The molecule has 12 aromatic rings. The predicted octanol–water partition coefficient (Wildman–Crippen LogP) is 16.0. The van der Waals surface area contributed by atoms with Crippen molar-refractivity contribution in [3.05, 3.63) is 249 Å². The molecule has 0 fully saturated rings. The lowest BCUT2D eigenvalue weighted by atomic mass is 9.95. The molecule has 0 radical (unpaired) electrons. The Balaban J connectivity index is 1.12. The van der Waals surface area contributed by atoms with Crippen LogP contribution in [0.2, 0.25) is 0 Å². The summed E-state index contributed by atoms with van der Waals surface area (Å²) in [4.78, 5) is 26.8. The number of fused-ring (bicyclic) bond motifs is 2. The van der Waals surface area contributed by atoms with Gasteiger partial charge in [-0.3, -0.25) is 0 Å². The Morgan fingerprint density at radius 2 is 0.485 bits per heavy atom. The van der Waals surface area contributed by atoms with Crippen LogP contribution in [0.15, 0.2) is 249 Å². The molecule has 5 nitrogen and oxygen atoms in total. The van der Waals surface area contributed by atoms with E-state index in [1.165, 1.54) is 16.2 Å². The van der Waals surface area contributed by atoms with Crippen molar-refractivity contribution in [3.8, 4) is 101 Å². The third-order valence-corrected chi connectivity index (χ3v) is 12.4. The minimum atomic E-state index is 0.580. The van der Waals surface area contributed by atoms with Crippen molar-refractivity contribution >= 4 is 21.5 Å². The van der Waals surface area contributed by atoms with Gasteiger partial charge in [0.05, 0.1) is 34.2 Å². The average Bonchev–Trinajstić information content (AvgIpc) is 3.43. The van der Waals surface area contributed by atoms with Gasteiger partial charge in [0.1, 0.15) is 0 Å². The molecule has 0 amide bonds. The molecule has 5 heteroatoms. The number of hydrogen-bond donors (Lipinski definition) is 0. The SMILES string of the molecule is c1ccc(-c2cc(-c3ccccc3)nc(-c3cc(-c4cc(-c5ccc6ccccc6c5)cc(-c5ccc6ccccc6c5)n4)cc(-c4nc(-c5ccccc5)cc(-c5ccccc5)n4)c3)n2)cc1. The predicted molar refractivity (Wildman–Crippen MR) is 279 cm³/mol. The Morgan fingerprint density at radius 3 is 0.912 bits per heavy atom. The summed E-state index contributed by atoms with van der Waals surface area (Å²) in [7, 11) is 0. The first kappa shape index (κ1) is 40.3. The topological polar surface area (TPSA) is 64.5 Å². The van der Waals surface area contributed by atoms with Crippen LogP contribution in [-0.2, 0) is 0 Å². The molecule has 0 atom stereocenters. The first-order valence-electron chi connectivity index (χ1n) is 22.8. The lowest BCUT2D eigenvalue weighted by molar-refractivity contribution is 1.17. The fourth-order valence-electron chi connectivity index (χ4n) is 8.92. The van der Waals surface area contributed by atoms with Crippen molar-refractivity contribution < 1.29 is 0 Å². The quantitative estimate of drug-likeness (QED) is 0.145. The van der Waals surface area contributed by atoms with Crippen LogP contribution in [0.25, 0.3) is 123 Å². The van der Waals surface area contributed by atoms with Gasteiger partial charge in [-0.1, -0.05) is 194 Å². The number of pyridine rings is 1. The van der Waals surface area contributed by atoms with Gasteiger partial charge < -0.3 is 0 Å². The minimum absolute atomic E-state index is 0.580. The van der Waals surface area contributed by atoms with Gasteiger partial charge in [0, 0.05) is 44.5 Å². The van der Waals surface area contributed by atoms with Crippen LogP contribution in [0, 0.1) is 0 Å². The Morgan fingerprint density at radius 1 is 0.162 bits per heavy atom. The smallest absolute Gasteiger partial charge is 0.160 e. The van der Waals surface area contributed by atoms with Gasteiger partial charge in [-0.25, -0.2) is 24.9 Å². The van der Waals surface area contributed by atoms with Gasteiger partial charge in [-0.15, -0.1) is 0 Å². The minimum Gasteiger partial charge on any atom is -0.248 e. The van der Waals surface area contributed by atoms with Crippen LogP contribution in [0.4, 0.5) is 0 Å². The molecule has 0 bridgehead atoms. The highest BCUT2D eigenvalue weighted by Gasteiger charge is 2.19. The molecule has 3 heterocycles. The van der Waals surface area contributed by atoms with Crippen LogP contribution in [0.3, 0.4) is 0 Å². The lowest BCUT2D eigenvalue weighted by Gasteiger charge is -2.15. The summed E-state index contributed by atoms with van der Waals surface area (Å²) in [6.07, 6.45) is 0. The van der Waals surface area contributed by atoms with Crippen LogP contribution in [0.1, 0.15) is 0 Å². The number of hydrogen-bond acceptors (Lipinski definition) is 5. The summed E-state index contributed by atoms with van der Waals surface area (Å²) in [6.45, 7) is 0. The standard InChI is InChI=1S/C63H41N5/c1-5-19-44(20-6-1)58-40-59(45-21-7-2-8-22-45)66-62(65-58)54-35-53(36-55(37-54)63-67-60(46-23-9-3-10-24-46)41-61(68-63)47-25-11-4-12-26-47)57-39-52(50-31-29-42-17-13-15-27-48(42)33-50)38-56(64-57)51-32-30-43-18-14-16-28-49(43)34-51/h1-41H. The molecule has 12 rings (SSSR count). The van der Waals surface area contributed by atoms with E-state index >= 15 is 0 Å². The zero-order valence-corrected chi connectivity index (χ0v) is 36.9. The van der Waals surface area contributed by atoms with E-state index in [2.05, 4.69) is 176 Å². The van der Waals surface area contributed by atoms with Gasteiger partial charge in [0.25, 0.3) is 0 Å². The number of nitrogens with zero attached hydrogens (tertiary/aromatic N) is 5. The summed E-state index contributed by atoms with van der Waals surface area (Å²) < 4.78 is 0. The lowest BCUT2D eigenvalue weighted by Crippen LogP contribution is -1.99. The third kappa shape index (κ3) is 8.21. The van der Waals surface area contributed by atoms with Crippen LogP contribution >= 0.6 is 0 Å². The molecule has 318 valence electrons. The van der Waals surface area contributed by atoms with Gasteiger partial charge in [0.15, 0.2) is 11.6 Å². The largest absolute Gasteiger partial charge is 0.248 e. The fraction of sp³-hybridized carbons (Fsp3) is 0. The molecular formula is C63H41N5. The Bertz CT molecular complexity index is 3420.